The van der Waals surface area contributed by atoms with Gasteiger partial charge in [-0.1, -0.05) is 45.9 Å². The minimum Gasteiger partial charge on any atom is -0.310 e. The smallest absolute Gasteiger partial charge is 0.310 e. The van der Waals surface area contributed by atoms with Crippen molar-refractivity contribution in [3.8, 4) is 11.3 Å². The number of carbonyl (C=O) groups excluding carboxylic acids is 1. The number of imidazole rings is 1. The fourth-order valence-corrected chi connectivity index (χ4v) is 3.75. The number of pyridine rings is 1. The van der Waals surface area contributed by atoms with Crippen molar-refractivity contribution in [2.45, 2.75) is 46.7 Å². The van der Waals surface area contributed by atoms with Gasteiger partial charge in [0.25, 0.3) is 0 Å². The number of alkyl halides is 3. The van der Waals surface area contributed by atoms with Crippen LogP contribution in [-0.4, -0.2) is 15.3 Å². The van der Waals surface area contributed by atoms with Crippen LogP contribution in [0.3, 0.4) is 0 Å². The van der Waals surface area contributed by atoms with E-state index in [1.807, 2.05) is 19.1 Å². The molecule has 0 aliphatic heterocycles. The molecule has 7 heteroatoms. The zero-order chi connectivity index (χ0) is 22.1. The molecular formula is C23H26F3N3O. The van der Waals surface area contributed by atoms with Crippen LogP contribution in [0.1, 0.15) is 46.1 Å². The summed E-state index contributed by atoms with van der Waals surface area (Å²) in [6.07, 6.45) is -1.38. The summed E-state index contributed by atoms with van der Waals surface area (Å²) in [7, 11) is 0. The standard InChI is InChI=1S/C23H26F3N3O/c1-15(14-22(2,3)4)13-19(30)28-21-20(27-18-7-5-6-12-29(18)21)16-8-10-17(11-9-16)23(24,25)26/h5-12,15H,13-14H2,1-4H3,(H,28,30)/t15-/m0/s1. The first-order chi connectivity index (χ1) is 13.9. The molecule has 1 amide bonds. The zero-order valence-corrected chi connectivity index (χ0v) is 17.5. The van der Waals surface area contributed by atoms with Crippen molar-refractivity contribution in [3.05, 3.63) is 54.2 Å². The van der Waals surface area contributed by atoms with Crippen LogP contribution in [-0.2, 0) is 11.0 Å². The van der Waals surface area contributed by atoms with Crippen LogP contribution in [0.5, 0.6) is 0 Å². The Hall–Kier alpha value is -2.83. The number of anilines is 1. The lowest BCUT2D eigenvalue weighted by Gasteiger charge is -2.22. The van der Waals surface area contributed by atoms with Gasteiger partial charge in [0.1, 0.15) is 17.2 Å². The lowest BCUT2D eigenvalue weighted by atomic mass is 9.84. The fourth-order valence-electron chi connectivity index (χ4n) is 3.75. The van der Waals surface area contributed by atoms with Crippen LogP contribution in [0.25, 0.3) is 16.9 Å². The Kier molecular flexibility index (Phi) is 5.92. The van der Waals surface area contributed by atoms with Gasteiger partial charge in [-0.2, -0.15) is 13.2 Å². The van der Waals surface area contributed by atoms with Crippen LogP contribution >= 0.6 is 0 Å². The molecule has 3 aromatic rings. The highest BCUT2D eigenvalue weighted by molar-refractivity contribution is 5.94. The van der Waals surface area contributed by atoms with Gasteiger partial charge < -0.3 is 5.32 Å². The first-order valence-electron chi connectivity index (χ1n) is 9.88. The van der Waals surface area contributed by atoms with E-state index in [1.165, 1.54) is 12.1 Å². The molecule has 3 rings (SSSR count). The minimum absolute atomic E-state index is 0.119. The van der Waals surface area contributed by atoms with Crippen LogP contribution in [0, 0.1) is 11.3 Å². The second-order valence-corrected chi connectivity index (χ2v) is 8.94. The van der Waals surface area contributed by atoms with Crippen LogP contribution in [0.15, 0.2) is 48.7 Å². The molecule has 1 N–H and O–H groups in total. The van der Waals surface area contributed by atoms with Gasteiger partial charge in [0.15, 0.2) is 0 Å². The molecule has 0 saturated heterocycles. The van der Waals surface area contributed by atoms with Gasteiger partial charge in [-0.25, -0.2) is 4.98 Å². The second kappa shape index (κ2) is 8.13. The molecule has 0 aliphatic carbocycles. The van der Waals surface area contributed by atoms with Crippen molar-refractivity contribution in [3.63, 3.8) is 0 Å². The maximum atomic E-state index is 12.9. The summed E-state index contributed by atoms with van der Waals surface area (Å²) < 4.78 is 40.4. The predicted octanol–water partition coefficient (Wildman–Crippen LogP) is 6.42. The van der Waals surface area contributed by atoms with Gasteiger partial charge in [-0.05, 0) is 42.0 Å². The molecular weight excluding hydrogens is 391 g/mol. The number of carbonyl (C=O) groups is 1. The van der Waals surface area contributed by atoms with E-state index in [9.17, 15) is 18.0 Å². The van der Waals surface area contributed by atoms with E-state index in [2.05, 4.69) is 31.1 Å². The van der Waals surface area contributed by atoms with Crippen molar-refractivity contribution in [1.82, 2.24) is 9.38 Å². The molecule has 1 atom stereocenters. The average molecular weight is 417 g/mol. The van der Waals surface area contributed by atoms with Gasteiger partial charge in [-0.15, -0.1) is 0 Å². The third-order valence-electron chi connectivity index (χ3n) is 4.77. The third-order valence-corrected chi connectivity index (χ3v) is 4.77. The van der Waals surface area contributed by atoms with E-state index in [0.29, 0.717) is 29.1 Å². The van der Waals surface area contributed by atoms with E-state index >= 15 is 0 Å². The minimum atomic E-state index is -4.41. The lowest BCUT2D eigenvalue weighted by molar-refractivity contribution is -0.137. The maximum absolute atomic E-state index is 12.9. The molecule has 0 fully saturated rings. The van der Waals surface area contributed by atoms with Crippen molar-refractivity contribution in [2.75, 3.05) is 5.32 Å². The predicted molar refractivity (Wildman–Crippen MR) is 112 cm³/mol. The second-order valence-electron chi connectivity index (χ2n) is 8.94. The Morgan fingerprint density at radius 1 is 1.10 bits per heavy atom. The Morgan fingerprint density at radius 2 is 1.77 bits per heavy atom. The number of benzene rings is 1. The molecule has 0 unspecified atom stereocenters. The highest BCUT2D eigenvalue weighted by atomic mass is 19.4. The number of amides is 1. The van der Waals surface area contributed by atoms with Gasteiger partial charge in [0.05, 0.1) is 5.56 Å². The molecule has 0 bridgehead atoms. The van der Waals surface area contributed by atoms with Crippen molar-refractivity contribution in [2.24, 2.45) is 11.3 Å². The number of rotatable bonds is 5. The normalized spacial score (nSPS) is 13.4. The average Bonchev–Trinajstić information content (AvgIpc) is 2.98. The van der Waals surface area contributed by atoms with Crippen LogP contribution in [0.4, 0.5) is 19.0 Å². The third kappa shape index (κ3) is 5.20. The van der Waals surface area contributed by atoms with Crippen LogP contribution < -0.4 is 5.32 Å². The van der Waals surface area contributed by atoms with Crippen LogP contribution in [0.2, 0.25) is 0 Å². The Labute approximate surface area is 174 Å². The summed E-state index contributed by atoms with van der Waals surface area (Å²) in [5.74, 6) is 0.502. The van der Waals surface area contributed by atoms with E-state index in [4.69, 9.17) is 0 Å². The SMILES string of the molecule is C[C@@H](CC(=O)Nc1c(-c2ccc(C(F)(F)F)cc2)nc2ccccn12)CC(C)(C)C. The number of halogens is 3. The molecule has 30 heavy (non-hydrogen) atoms. The summed E-state index contributed by atoms with van der Waals surface area (Å²) in [5, 5.41) is 2.93. The Balaban J connectivity index is 1.91. The molecule has 160 valence electrons. The van der Waals surface area contributed by atoms with Gasteiger partial charge >= 0.3 is 6.18 Å². The number of nitrogens with one attached hydrogen (secondary N) is 1. The number of aromatic nitrogens is 2. The zero-order valence-electron chi connectivity index (χ0n) is 17.5. The summed E-state index contributed by atoms with van der Waals surface area (Å²) in [6.45, 7) is 8.44. The number of fused-ring (bicyclic) bond motifs is 1. The Bertz CT molecular complexity index is 1030. The van der Waals surface area contributed by atoms with Gasteiger partial charge in [0, 0.05) is 18.2 Å². The van der Waals surface area contributed by atoms with Gasteiger partial charge in [-0.3, -0.25) is 9.20 Å². The first-order valence-corrected chi connectivity index (χ1v) is 9.88. The highest BCUT2D eigenvalue weighted by Crippen LogP contribution is 2.34. The molecule has 0 spiro atoms. The molecule has 4 nitrogen and oxygen atoms in total. The van der Waals surface area contributed by atoms with E-state index in [0.717, 1.165) is 18.6 Å². The highest BCUT2D eigenvalue weighted by Gasteiger charge is 2.30. The maximum Gasteiger partial charge on any atom is 0.416 e. The van der Waals surface area contributed by atoms with Crippen molar-refractivity contribution >= 4 is 17.4 Å². The molecule has 2 heterocycles. The van der Waals surface area contributed by atoms with E-state index in [1.54, 1.807) is 16.7 Å². The number of nitrogens with zero attached hydrogens (tertiary/aromatic N) is 2. The molecule has 2 aromatic heterocycles. The van der Waals surface area contributed by atoms with Gasteiger partial charge in [0.2, 0.25) is 5.91 Å². The summed E-state index contributed by atoms with van der Waals surface area (Å²) in [6, 6.07) is 10.2. The summed E-state index contributed by atoms with van der Waals surface area (Å²) in [4.78, 5) is 17.3. The summed E-state index contributed by atoms with van der Waals surface area (Å²) in [5.41, 5.74) is 0.938. The van der Waals surface area contributed by atoms with E-state index < -0.39 is 11.7 Å². The van der Waals surface area contributed by atoms with Crippen molar-refractivity contribution < 1.29 is 18.0 Å². The lowest BCUT2D eigenvalue weighted by Crippen LogP contribution is -2.19. The number of hydrogen-bond donors (Lipinski definition) is 1. The topological polar surface area (TPSA) is 46.4 Å². The first kappa shape index (κ1) is 21.9. The molecule has 1 aromatic carbocycles. The quantitative estimate of drug-likeness (QED) is 0.521. The molecule has 0 radical (unpaired) electrons. The largest absolute Gasteiger partial charge is 0.416 e. The van der Waals surface area contributed by atoms with Crippen molar-refractivity contribution in [1.29, 1.82) is 0 Å². The Morgan fingerprint density at radius 3 is 2.37 bits per heavy atom. The molecule has 0 saturated carbocycles. The monoisotopic (exact) mass is 417 g/mol. The van der Waals surface area contributed by atoms with E-state index in [-0.39, 0.29) is 17.2 Å². The fraction of sp³-hybridized carbons (Fsp3) is 0.391. The molecule has 0 aliphatic rings. The number of hydrogen-bond acceptors (Lipinski definition) is 2. The summed E-state index contributed by atoms with van der Waals surface area (Å²) >= 11 is 0.